The van der Waals surface area contributed by atoms with Crippen LogP contribution in [0.1, 0.15) is 30.5 Å². The molecule has 2 heterocycles. The number of hydrogen-bond acceptors (Lipinski definition) is 3. The molecule has 0 spiro atoms. The maximum Gasteiger partial charge on any atom is 0.131 e. The summed E-state index contributed by atoms with van der Waals surface area (Å²) in [5, 5.41) is 4.51. The van der Waals surface area contributed by atoms with Gasteiger partial charge in [-0.25, -0.2) is 0 Å². The standard InChI is InChI=1S/C12H20N4/c1-8-11(6-13)12(15(2)14-8)16-7-9-3-4-10(16)5-9/h9-10H,3-7,13H2,1-2H3. The zero-order valence-electron chi connectivity index (χ0n) is 10.1. The molecule has 3 rings (SSSR count). The molecular weight excluding hydrogens is 200 g/mol. The van der Waals surface area contributed by atoms with Gasteiger partial charge in [0.05, 0.1) is 5.69 Å². The lowest BCUT2D eigenvalue weighted by Crippen LogP contribution is -2.34. The number of nitrogens with zero attached hydrogens (tertiary/aromatic N) is 3. The van der Waals surface area contributed by atoms with E-state index in [1.807, 2.05) is 11.7 Å². The van der Waals surface area contributed by atoms with Crippen molar-refractivity contribution in [1.29, 1.82) is 0 Å². The lowest BCUT2D eigenvalue weighted by atomic mass is 10.1. The summed E-state index contributed by atoms with van der Waals surface area (Å²) in [6.07, 6.45) is 4.13. The summed E-state index contributed by atoms with van der Waals surface area (Å²) in [6, 6.07) is 0.741. The summed E-state index contributed by atoms with van der Waals surface area (Å²) in [7, 11) is 2.04. The maximum atomic E-state index is 5.85. The quantitative estimate of drug-likeness (QED) is 0.814. The Kier molecular flexibility index (Phi) is 2.21. The topological polar surface area (TPSA) is 47.1 Å². The van der Waals surface area contributed by atoms with Crippen molar-refractivity contribution in [2.75, 3.05) is 11.4 Å². The van der Waals surface area contributed by atoms with Crippen LogP contribution in [0.2, 0.25) is 0 Å². The van der Waals surface area contributed by atoms with Crippen molar-refractivity contribution in [3.8, 4) is 0 Å². The van der Waals surface area contributed by atoms with Gasteiger partial charge < -0.3 is 10.6 Å². The smallest absolute Gasteiger partial charge is 0.131 e. The van der Waals surface area contributed by atoms with Gasteiger partial charge in [-0.05, 0) is 32.1 Å². The Hall–Kier alpha value is -1.03. The van der Waals surface area contributed by atoms with Gasteiger partial charge in [0.2, 0.25) is 0 Å². The molecule has 2 aliphatic rings. The molecule has 2 fully saturated rings. The van der Waals surface area contributed by atoms with E-state index in [4.69, 9.17) is 5.73 Å². The van der Waals surface area contributed by atoms with Crippen molar-refractivity contribution in [2.24, 2.45) is 18.7 Å². The third-order valence-electron chi connectivity index (χ3n) is 4.20. The average molecular weight is 220 g/mol. The summed E-state index contributed by atoms with van der Waals surface area (Å²) < 4.78 is 2.01. The summed E-state index contributed by atoms with van der Waals surface area (Å²) in [5.74, 6) is 2.18. The number of rotatable bonds is 2. The molecule has 2 unspecified atom stereocenters. The van der Waals surface area contributed by atoms with Crippen LogP contribution in [0.3, 0.4) is 0 Å². The summed E-state index contributed by atoms with van der Waals surface area (Å²) in [5.41, 5.74) is 8.17. The number of anilines is 1. The van der Waals surface area contributed by atoms with Crippen LogP contribution >= 0.6 is 0 Å². The molecule has 0 amide bonds. The molecule has 2 N–H and O–H groups in total. The molecule has 4 nitrogen and oxygen atoms in total. The molecule has 1 aromatic heterocycles. The van der Waals surface area contributed by atoms with Gasteiger partial charge in [-0.1, -0.05) is 0 Å². The normalized spacial score (nSPS) is 28.1. The van der Waals surface area contributed by atoms with Gasteiger partial charge in [0.15, 0.2) is 0 Å². The number of aryl methyl sites for hydroxylation is 2. The Morgan fingerprint density at radius 3 is 2.81 bits per heavy atom. The van der Waals surface area contributed by atoms with E-state index in [1.54, 1.807) is 0 Å². The van der Waals surface area contributed by atoms with Crippen LogP contribution in [0.4, 0.5) is 5.82 Å². The van der Waals surface area contributed by atoms with E-state index < -0.39 is 0 Å². The molecule has 0 radical (unpaired) electrons. The van der Waals surface area contributed by atoms with Crippen LogP contribution in [0.5, 0.6) is 0 Å². The Morgan fingerprint density at radius 2 is 2.25 bits per heavy atom. The molecule has 1 aliphatic heterocycles. The minimum absolute atomic E-state index is 0.600. The number of aromatic nitrogens is 2. The first-order valence-electron chi connectivity index (χ1n) is 6.20. The second kappa shape index (κ2) is 3.48. The van der Waals surface area contributed by atoms with Crippen LogP contribution in [0.25, 0.3) is 0 Å². The van der Waals surface area contributed by atoms with Crippen LogP contribution in [0.15, 0.2) is 0 Å². The zero-order valence-corrected chi connectivity index (χ0v) is 10.1. The summed E-state index contributed by atoms with van der Waals surface area (Å²) in [4.78, 5) is 2.54. The highest BCUT2D eigenvalue weighted by Gasteiger charge is 2.39. The van der Waals surface area contributed by atoms with Gasteiger partial charge in [-0.15, -0.1) is 0 Å². The minimum Gasteiger partial charge on any atom is -0.353 e. The van der Waals surface area contributed by atoms with E-state index in [0.717, 1.165) is 17.7 Å². The first kappa shape index (κ1) is 10.1. The van der Waals surface area contributed by atoms with E-state index >= 15 is 0 Å². The average Bonchev–Trinajstić information content (AvgIpc) is 2.91. The fourth-order valence-corrected chi connectivity index (χ4v) is 3.47. The monoisotopic (exact) mass is 220 g/mol. The number of nitrogens with two attached hydrogens (primary N) is 1. The molecule has 1 saturated heterocycles. The van der Waals surface area contributed by atoms with Crippen molar-refractivity contribution < 1.29 is 0 Å². The van der Waals surface area contributed by atoms with Gasteiger partial charge in [0.1, 0.15) is 5.82 Å². The van der Waals surface area contributed by atoms with Crippen molar-refractivity contribution in [3.05, 3.63) is 11.3 Å². The van der Waals surface area contributed by atoms with Gasteiger partial charge in [-0.3, -0.25) is 4.68 Å². The predicted molar refractivity (Wildman–Crippen MR) is 64.3 cm³/mol. The largest absolute Gasteiger partial charge is 0.353 e. The molecule has 2 atom stereocenters. The van der Waals surface area contributed by atoms with Gasteiger partial charge >= 0.3 is 0 Å². The predicted octanol–water partition coefficient (Wildman–Crippen LogP) is 1.18. The minimum atomic E-state index is 0.600. The lowest BCUT2D eigenvalue weighted by Gasteiger charge is -2.29. The second-order valence-electron chi connectivity index (χ2n) is 5.20. The Balaban J connectivity index is 2.00. The SMILES string of the molecule is Cc1nn(C)c(N2CC3CCC2C3)c1CN. The fourth-order valence-electron chi connectivity index (χ4n) is 3.47. The van der Waals surface area contributed by atoms with Crippen LogP contribution in [-0.2, 0) is 13.6 Å². The molecule has 0 aromatic carbocycles. The van der Waals surface area contributed by atoms with Gasteiger partial charge in [-0.2, -0.15) is 5.10 Å². The molecule has 4 heteroatoms. The van der Waals surface area contributed by atoms with Crippen molar-refractivity contribution >= 4 is 5.82 Å². The second-order valence-corrected chi connectivity index (χ2v) is 5.20. The van der Waals surface area contributed by atoms with E-state index in [2.05, 4.69) is 16.9 Å². The molecule has 1 aromatic rings. The van der Waals surface area contributed by atoms with E-state index in [-0.39, 0.29) is 0 Å². The number of fused-ring (bicyclic) bond motifs is 2. The van der Waals surface area contributed by atoms with Gasteiger partial charge in [0.25, 0.3) is 0 Å². The molecule has 1 aliphatic carbocycles. The fraction of sp³-hybridized carbons (Fsp3) is 0.750. The van der Waals surface area contributed by atoms with E-state index in [1.165, 1.54) is 37.2 Å². The van der Waals surface area contributed by atoms with Crippen molar-refractivity contribution in [2.45, 2.75) is 38.8 Å². The van der Waals surface area contributed by atoms with Gasteiger partial charge in [0, 0.05) is 31.7 Å². The van der Waals surface area contributed by atoms with Crippen LogP contribution in [0, 0.1) is 12.8 Å². The Bertz CT molecular complexity index is 409. The van der Waals surface area contributed by atoms with Crippen LogP contribution < -0.4 is 10.6 Å². The summed E-state index contributed by atoms with van der Waals surface area (Å²) in [6.45, 7) is 3.86. The Labute approximate surface area is 96.4 Å². The highest BCUT2D eigenvalue weighted by Crippen LogP contribution is 2.41. The van der Waals surface area contributed by atoms with Crippen molar-refractivity contribution in [1.82, 2.24) is 9.78 Å². The zero-order chi connectivity index (χ0) is 11.3. The molecule has 1 saturated carbocycles. The molecule has 16 heavy (non-hydrogen) atoms. The molecule has 88 valence electrons. The molecular formula is C12H20N4. The van der Waals surface area contributed by atoms with E-state index in [9.17, 15) is 0 Å². The van der Waals surface area contributed by atoms with E-state index in [0.29, 0.717) is 6.54 Å². The Morgan fingerprint density at radius 1 is 1.44 bits per heavy atom. The first-order valence-corrected chi connectivity index (χ1v) is 6.20. The van der Waals surface area contributed by atoms with Crippen LogP contribution in [-0.4, -0.2) is 22.4 Å². The first-order chi connectivity index (χ1) is 7.70. The maximum absolute atomic E-state index is 5.85. The molecule has 2 bridgehead atoms. The third kappa shape index (κ3) is 1.29. The highest BCUT2D eigenvalue weighted by molar-refractivity contribution is 5.52. The number of hydrogen-bond donors (Lipinski definition) is 1. The highest BCUT2D eigenvalue weighted by atomic mass is 15.4. The third-order valence-corrected chi connectivity index (χ3v) is 4.20. The summed E-state index contributed by atoms with van der Waals surface area (Å²) >= 11 is 0. The van der Waals surface area contributed by atoms with Crippen molar-refractivity contribution in [3.63, 3.8) is 0 Å². The number of piperidine rings is 1. The lowest BCUT2D eigenvalue weighted by molar-refractivity contribution is 0.540.